The zero-order valence-corrected chi connectivity index (χ0v) is 17.3. The van der Waals surface area contributed by atoms with Crippen molar-refractivity contribution in [3.63, 3.8) is 0 Å². The van der Waals surface area contributed by atoms with Crippen LogP contribution in [0.4, 0.5) is 10.5 Å². The van der Waals surface area contributed by atoms with Crippen molar-refractivity contribution < 1.29 is 34.2 Å². The lowest BCUT2D eigenvalue weighted by atomic mass is 9.96. The second-order valence-corrected chi connectivity index (χ2v) is 6.71. The molecule has 0 heterocycles. The molecule has 0 saturated carbocycles. The Labute approximate surface area is 179 Å². The van der Waals surface area contributed by atoms with Crippen LogP contribution in [0, 0.1) is 5.92 Å². The number of benzene rings is 2. The molecule has 2 aromatic carbocycles. The van der Waals surface area contributed by atoms with Gasteiger partial charge in [-0.3, -0.25) is 20.1 Å². The quantitative estimate of drug-likeness (QED) is 0.218. The van der Waals surface area contributed by atoms with E-state index in [0.717, 1.165) is 6.08 Å². The van der Waals surface area contributed by atoms with Crippen molar-refractivity contribution >= 4 is 23.5 Å². The van der Waals surface area contributed by atoms with Gasteiger partial charge < -0.3 is 14.6 Å². The molecule has 0 fully saturated rings. The lowest BCUT2D eigenvalue weighted by Gasteiger charge is -2.23. The molecule has 0 aliphatic heterocycles. The molecule has 2 amide bonds. The summed E-state index contributed by atoms with van der Waals surface area (Å²) in [4.78, 5) is 35.2. The van der Waals surface area contributed by atoms with Gasteiger partial charge in [0.2, 0.25) is 0 Å². The van der Waals surface area contributed by atoms with E-state index in [0.29, 0.717) is 16.8 Å². The number of carbonyl (C=O) groups excluding carboxylic acids is 3. The predicted octanol–water partition coefficient (Wildman–Crippen LogP) is 3.59. The summed E-state index contributed by atoms with van der Waals surface area (Å²) in [6.45, 7) is 3.14. The minimum atomic E-state index is -0.879. The van der Waals surface area contributed by atoms with Crippen molar-refractivity contribution in [2.24, 2.45) is 5.92 Å². The first-order chi connectivity index (χ1) is 14.7. The molecular weight excluding hydrogens is 404 g/mol. The summed E-state index contributed by atoms with van der Waals surface area (Å²) in [6.07, 6.45) is 0.897. The maximum absolute atomic E-state index is 12.5. The molecule has 2 aromatic rings. The Morgan fingerprint density at radius 3 is 2.32 bits per heavy atom. The summed E-state index contributed by atoms with van der Waals surface area (Å²) in [6, 6.07) is 10.8. The number of rotatable bonds is 8. The van der Waals surface area contributed by atoms with Gasteiger partial charge in [-0.1, -0.05) is 19.1 Å². The second-order valence-electron chi connectivity index (χ2n) is 6.71. The fourth-order valence-corrected chi connectivity index (χ4v) is 2.79. The van der Waals surface area contributed by atoms with Gasteiger partial charge >= 0.3 is 6.09 Å². The van der Waals surface area contributed by atoms with Gasteiger partial charge in [-0.25, -0.2) is 10.3 Å². The van der Waals surface area contributed by atoms with E-state index in [2.05, 4.69) is 5.32 Å². The Kier molecular flexibility index (Phi) is 8.16. The number of nitrogens with one attached hydrogen (secondary N) is 2. The highest BCUT2D eigenvalue weighted by molar-refractivity contribution is 5.95. The van der Waals surface area contributed by atoms with Crippen molar-refractivity contribution in [1.82, 2.24) is 5.48 Å². The molecule has 0 aliphatic rings. The highest BCUT2D eigenvalue weighted by Crippen LogP contribution is 2.34. The zero-order valence-electron chi connectivity index (χ0n) is 17.3. The molecule has 9 heteroatoms. The maximum atomic E-state index is 12.5. The van der Waals surface area contributed by atoms with Crippen LogP contribution >= 0.6 is 0 Å². The second kappa shape index (κ2) is 10.8. The van der Waals surface area contributed by atoms with Crippen LogP contribution in [0.25, 0.3) is 0 Å². The van der Waals surface area contributed by atoms with Gasteiger partial charge in [-0.2, -0.15) is 0 Å². The van der Waals surface area contributed by atoms with E-state index in [1.165, 1.54) is 37.7 Å². The number of hydrogen-bond donors (Lipinski definition) is 4. The molecule has 0 saturated heterocycles. The number of phenols is 1. The Hall–Kier alpha value is -3.85. The fourth-order valence-electron chi connectivity index (χ4n) is 2.79. The molecule has 2 rings (SSSR count). The van der Waals surface area contributed by atoms with Crippen LogP contribution in [-0.4, -0.2) is 35.2 Å². The summed E-state index contributed by atoms with van der Waals surface area (Å²) < 4.78 is 10.6. The molecular formula is C22H24N2O7. The van der Waals surface area contributed by atoms with Crippen LogP contribution in [0.3, 0.4) is 0 Å². The summed E-state index contributed by atoms with van der Waals surface area (Å²) in [5, 5.41) is 21.3. The van der Waals surface area contributed by atoms with Crippen LogP contribution in [0.15, 0.2) is 54.6 Å². The summed E-state index contributed by atoms with van der Waals surface area (Å²) in [7, 11) is 1.41. The first kappa shape index (κ1) is 23.4. The monoisotopic (exact) mass is 428 g/mol. The number of methoxy groups -OCH3 is 1. The van der Waals surface area contributed by atoms with E-state index < -0.39 is 24.0 Å². The van der Waals surface area contributed by atoms with Gasteiger partial charge in [0, 0.05) is 23.2 Å². The predicted molar refractivity (Wildman–Crippen MR) is 112 cm³/mol. The number of hydroxylamine groups is 1. The first-order valence-corrected chi connectivity index (χ1v) is 9.33. The number of aromatic hydroxyl groups is 1. The first-order valence-electron chi connectivity index (χ1n) is 9.33. The van der Waals surface area contributed by atoms with Gasteiger partial charge in [-0.05, 0) is 48.9 Å². The number of carbonyl (C=O) groups is 3. The molecule has 0 aliphatic carbocycles. The molecule has 4 N–H and O–H groups in total. The number of hydrogen-bond acceptors (Lipinski definition) is 7. The Bertz CT molecular complexity index is 970. The van der Waals surface area contributed by atoms with Gasteiger partial charge in [0.1, 0.15) is 6.10 Å². The summed E-state index contributed by atoms with van der Waals surface area (Å²) >= 11 is 0. The van der Waals surface area contributed by atoms with Crippen molar-refractivity contribution in [3.8, 4) is 11.5 Å². The SMILES string of the molecule is COc1ccc([C@H](OC(=O)Nc2ccc(C(C)=O)cc2)[C@H](C)/C=C/C(=O)NO)cc1O. The number of Topliss-reactive ketones (excluding diaryl/α,β-unsaturated/α-hetero) is 1. The smallest absolute Gasteiger partial charge is 0.412 e. The molecule has 0 aromatic heterocycles. The van der Waals surface area contributed by atoms with E-state index in [1.807, 2.05) is 0 Å². The summed E-state index contributed by atoms with van der Waals surface area (Å²) in [5.74, 6) is -1.23. The maximum Gasteiger partial charge on any atom is 0.412 e. The van der Waals surface area contributed by atoms with Crippen LogP contribution in [-0.2, 0) is 9.53 Å². The molecule has 9 nitrogen and oxygen atoms in total. The number of anilines is 1. The van der Waals surface area contributed by atoms with E-state index in [1.54, 1.807) is 37.3 Å². The van der Waals surface area contributed by atoms with Crippen molar-refractivity contribution in [2.45, 2.75) is 20.0 Å². The number of phenolic OH excluding ortho intramolecular Hbond substituents is 1. The molecule has 0 radical (unpaired) electrons. The van der Waals surface area contributed by atoms with Crippen LogP contribution < -0.4 is 15.5 Å². The van der Waals surface area contributed by atoms with Crippen LogP contribution in [0.1, 0.15) is 35.9 Å². The minimum absolute atomic E-state index is 0.0963. The van der Waals surface area contributed by atoms with Crippen LogP contribution in [0.5, 0.6) is 11.5 Å². The lowest BCUT2D eigenvalue weighted by Crippen LogP contribution is -2.22. The Morgan fingerprint density at radius 1 is 1.10 bits per heavy atom. The third-order valence-electron chi connectivity index (χ3n) is 4.44. The standard InChI is InChI=1S/C22H24N2O7/c1-13(4-11-20(27)24-29)21(16-7-10-19(30-3)18(26)12-16)31-22(28)23-17-8-5-15(6-9-17)14(2)25/h4-13,21,26,29H,1-3H3,(H,23,28)(H,24,27)/b11-4+/t13-,21-/m1/s1. The Morgan fingerprint density at radius 2 is 1.77 bits per heavy atom. The van der Waals surface area contributed by atoms with Crippen molar-refractivity contribution in [1.29, 1.82) is 0 Å². The van der Waals surface area contributed by atoms with E-state index in [9.17, 15) is 19.5 Å². The number of amides is 2. The van der Waals surface area contributed by atoms with E-state index in [-0.39, 0.29) is 17.3 Å². The Balaban J connectivity index is 2.23. The normalized spacial score (nSPS) is 12.6. The van der Waals surface area contributed by atoms with Crippen molar-refractivity contribution in [2.75, 3.05) is 12.4 Å². The molecule has 2 atom stereocenters. The minimum Gasteiger partial charge on any atom is -0.504 e. The average molecular weight is 428 g/mol. The largest absolute Gasteiger partial charge is 0.504 e. The molecule has 0 bridgehead atoms. The lowest BCUT2D eigenvalue weighted by molar-refractivity contribution is -0.124. The van der Waals surface area contributed by atoms with Gasteiger partial charge in [0.05, 0.1) is 7.11 Å². The molecule has 31 heavy (non-hydrogen) atoms. The van der Waals surface area contributed by atoms with E-state index >= 15 is 0 Å². The molecule has 0 unspecified atom stereocenters. The number of ether oxygens (including phenoxy) is 2. The van der Waals surface area contributed by atoms with Gasteiger partial charge in [-0.15, -0.1) is 0 Å². The van der Waals surface area contributed by atoms with Gasteiger partial charge in [0.15, 0.2) is 17.3 Å². The van der Waals surface area contributed by atoms with E-state index in [4.69, 9.17) is 14.7 Å². The zero-order chi connectivity index (χ0) is 23.0. The molecule has 0 spiro atoms. The third-order valence-corrected chi connectivity index (χ3v) is 4.44. The van der Waals surface area contributed by atoms with Crippen LogP contribution in [0.2, 0.25) is 0 Å². The van der Waals surface area contributed by atoms with Crippen molar-refractivity contribution in [3.05, 3.63) is 65.7 Å². The summed E-state index contributed by atoms with van der Waals surface area (Å²) in [5.41, 5.74) is 2.87. The molecule has 164 valence electrons. The fraction of sp³-hybridized carbons (Fsp3) is 0.227. The third kappa shape index (κ3) is 6.58. The average Bonchev–Trinajstić information content (AvgIpc) is 2.75. The highest BCUT2D eigenvalue weighted by atomic mass is 16.6. The topological polar surface area (TPSA) is 134 Å². The highest BCUT2D eigenvalue weighted by Gasteiger charge is 2.24. The van der Waals surface area contributed by atoms with Gasteiger partial charge in [0.25, 0.3) is 5.91 Å². The number of ketones is 1.